The fourth-order valence-electron chi connectivity index (χ4n) is 2.21. The summed E-state index contributed by atoms with van der Waals surface area (Å²) in [6.45, 7) is 0.502. The smallest absolute Gasteiger partial charge is 0.177 e. The van der Waals surface area contributed by atoms with Gasteiger partial charge in [0.2, 0.25) is 0 Å². The third kappa shape index (κ3) is 3.62. The van der Waals surface area contributed by atoms with Crippen molar-refractivity contribution in [1.82, 2.24) is 4.98 Å². The Balaban J connectivity index is 1.95. The lowest BCUT2D eigenvalue weighted by atomic mass is 10.2. The lowest BCUT2D eigenvalue weighted by Crippen LogP contribution is -2.26. The Morgan fingerprint density at radius 1 is 1.43 bits per heavy atom. The number of anilines is 1. The van der Waals surface area contributed by atoms with E-state index in [0.717, 1.165) is 5.69 Å². The minimum Gasteiger partial charge on any atom is -0.455 e. The van der Waals surface area contributed by atoms with E-state index in [-0.39, 0.29) is 6.61 Å². The van der Waals surface area contributed by atoms with Crippen LogP contribution in [0.3, 0.4) is 0 Å². The molecule has 8 heteroatoms. The number of nitrogens with one attached hydrogen (secondary N) is 1. The highest BCUT2D eigenvalue weighted by Crippen LogP contribution is 2.36. The van der Waals surface area contributed by atoms with Crippen LogP contribution in [0.4, 0.5) is 5.69 Å². The molecular formula is C15H15Cl2N3O2S. The van der Waals surface area contributed by atoms with Crippen LogP contribution < -0.4 is 11.1 Å². The van der Waals surface area contributed by atoms with Gasteiger partial charge in [-0.2, -0.15) is 0 Å². The van der Waals surface area contributed by atoms with E-state index in [9.17, 15) is 0 Å². The predicted molar refractivity (Wildman–Crippen MR) is 94.4 cm³/mol. The van der Waals surface area contributed by atoms with Gasteiger partial charge < -0.3 is 20.6 Å². The first-order valence-electron chi connectivity index (χ1n) is 6.98. The summed E-state index contributed by atoms with van der Waals surface area (Å²) >= 11 is 14.1. The van der Waals surface area contributed by atoms with Gasteiger partial charge in [-0.3, -0.25) is 0 Å². The second-order valence-corrected chi connectivity index (χ2v) is 6.89. The summed E-state index contributed by atoms with van der Waals surface area (Å²) in [5.41, 5.74) is 7.51. The number of pyridine rings is 1. The third-order valence-corrected chi connectivity index (χ3v) is 4.79. The second-order valence-electron chi connectivity index (χ2n) is 5.09. The van der Waals surface area contributed by atoms with Crippen molar-refractivity contribution in [1.29, 1.82) is 0 Å². The van der Waals surface area contributed by atoms with Crippen molar-refractivity contribution in [2.75, 3.05) is 11.9 Å². The first kappa shape index (κ1) is 16.5. The van der Waals surface area contributed by atoms with Crippen molar-refractivity contribution in [3.63, 3.8) is 0 Å². The van der Waals surface area contributed by atoms with Crippen LogP contribution >= 0.6 is 34.5 Å². The maximum absolute atomic E-state index is 9.09. The van der Waals surface area contributed by atoms with Crippen molar-refractivity contribution in [2.45, 2.75) is 19.0 Å². The van der Waals surface area contributed by atoms with E-state index in [1.807, 2.05) is 17.5 Å². The molecule has 3 rings (SSSR count). The molecular weight excluding hydrogens is 357 g/mol. The molecule has 0 aliphatic carbocycles. The average Bonchev–Trinajstić information content (AvgIpc) is 3.15. The van der Waals surface area contributed by atoms with Crippen LogP contribution in [0, 0.1) is 0 Å². The summed E-state index contributed by atoms with van der Waals surface area (Å²) in [5.74, 6) is 0.497. The standard InChI is InChI=1S/C15H15Cl2N3O2S/c16-12-5-10(19-6-9-2-1-3-23-9)15-14(20-12)13(17)11(22-15)4-8(18)7-21/h1-3,5,8,21H,4,6-7,18H2,(H,19,20)/t8-/m1/s1. The number of thiophene rings is 1. The van der Waals surface area contributed by atoms with Gasteiger partial charge in [0.15, 0.2) is 5.58 Å². The van der Waals surface area contributed by atoms with Crippen LogP contribution in [0.25, 0.3) is 11.1 Å². The first-order valence-corrected chi connectivity index (χ1v) is 8.62. The largest absolute Gasteiger partial charge is 0.455 e. The monoisotopic (exact) mass is 371 g/mol. The number of aliphatic hydroxyl groups is 1. The Morgan fingerprint density at radius 2 is 2.26 bits per heavy atom. The number of rotatable bonds is 6. The number of aliphatic hydroxyl groups excluding tert-OH is 1. The van der Waals surface area contributed by atoms with E-state index >= 15 is 0 Å². The zero-order chi connectivity index (χ0) is 16.4. The van der Waals surface area contributed by atoms with Crippen molar-refractivity contribution in [3.05, 3.63) is 44.4 Å². The highest BCUT2D eigenvalue weighted by molar-refractivity contribution is 7.09. The highest BCUT2D eigenvalue weighted by atomic mass is 35.5. The molecule has 0 radical (unpaired) electrons. The Bertz CT molecular complexity index is 805. The molecule has 1 atom stereocenters. The summed E-state index contributed by atoms with van der Waals surface area (Å²) < 4.78 is 5.82. The molecule has 0 unspecified atom stereocenters. The van der Waals surface area contributed by atoms with Crippen molar-refractivity contribution < 1.29 is 9.52 Å². The summed E-state index contributed by atoms with van der Waals surface area (Å²) in [6.07, 6.45) is 0.327. The van der Waals surface area contributed by atoms with Crippen LogP contribution in [-0.2, 0) is 13.0 Å². The summed E-state index contributed by atoms with van der Waals surface area (Å²) in [4.78, 5) is 5.42. The van der Waals surface area contributed by atoms with Crippen molar-refractivity contribution >= 4 is 51.3 Å². The van der Waals surface area contributed by atoms with E-state index in [4.69, 9.17) is 38.5 Å². The first-order chi connectivity index (χ1) is 11.1. The van der Waals surface area contributed by atoms with E-state index in [1.54, 1.807) is 17.4 Å². The van der Waals surface area contributed by atoms with Crippen molar-refractivity contribution in [2.24, 2.45) is 5.73 Å². The molecule has 0 fully saturated rings. The molecule has 0 aromatic carbocycles. The van der Waals surface area contributed by atoms with Gasteiger partial charge in [0.25, 0.3) is 0 Å². The number of halogens is 2. The van der Waals surface area contributed by atoms with E-state index in [1.165, 1.54) is 4.88 Å². The fraction of sp³-hybridized carbons (Fsp3) is 0.267. The molecule has 0 aliphatic rings. The highest BCUT2D eigenvalue weighted by Gasteiger charge is 2.19. The molecule has 3 aromatic rings. The minimum atomic E-state index is -0.439. The Kier molecular flexibility index (Phi) is 5.08. The van der Waals surface area contributed by atoms with Crippen LogP contribution in [0.15, 0.2) is 28.0 Å². The molecule has 0 amide bonds. The number of nitrogens with two attached hydrogens (primary N) is 1. The van der Waals surface area contributed by atoms with Gasteiger partial charge in [0.05, 0.1) is 12.3 Å². The van der Waals surface area contributed by atoms with Crippen LogP contribution in [0.1, 0.15) is 10.6 Å². The SMILES string of the molecule is N[C@@H](CO)Cc1oc2c(NCc3cccs3)cc(Cl)nc2c1Cl. The normalized spacial score (nSPS) is 12.7. The van der Waals surface area contributed by atoms with Crippen LogP contribution in [0.5, 0.6) is 0 Å². The number of aromatic nitrogens is 1. The zero-order valence-corrected chi connectivity index (χ0v) is 14.4. The Labute approximate surface area is 147 Å². The summed E-state index contributed by atoms with van der Waals surface area (Å²) in [5, 5.41) is 15.1. The fourth-order valence-corrected chi connectivity index (χ4v) is 3.30. The number of hydrogen-bond donors (Lipinski definition) is 3. The second kappa shape index (κ2) is 7.07. The molecule has 0 bridgehead atoms. The molecule has 5 nitrogen and oxygen atoms in total. The number of fused-ring (bicyclic) bond motifs is 1. The van der Waals surface area contributed by atoms with Gasteiger partial charge in [-0.15, -0.1) is 11.3 Å². The van der Waals surface area contributed by atoms with Crippen molar-refractivity contribution in [3.8, 4) is 0 Å². The van der Waals surface area contributed by atoms with Crippen LogP contribution in [-0.4, -0.2) is 22.7 Å². The predicted octanol–water partition coefficient (Wildman–Crippen LogP) is 3.67. The quantitative estimate of drug-likeness (QED) is 0.575. The van der Waals surface area contributed by atoms with Gasteiger partial charge in [0, 0.05) is 30.0 Å². The van der Waals surface area contributed by atoms with Gasteiger partial charge in [-0.25, -0.2) is 4.98 Å². The lowest BCUT2D eigenvalue weighted by molar-refractivity contribution is 0.261. The third-order valence-electron chi connectivity index (χ3n) is 3.33. The Morgan fingerprint density at radius 3 is 2.96 bits per heavy atom. The van der Waals surface area contributed by atoms with Gasteiger partial charge in [-0.1, -0.05) is 29.3 Å². The Hall–Kier alpha value is -1.31. The van der Waals surface area contributed by atoms with Crippen LogP contribution in [0.2, 0.25) is 10.2 Å². The number of nitrogens with zero attached hydrogens (tertiary/aromatic N) is 1. The maximum Gasteiger partial charge on any atom is 0.177 e. The molecule has 122 valence electrons. The molecule has 0 spiro atoms. The summed E-state index contributed by atoms with van der Waals surface area (Å²) in [7, 11) is 0. The number of hydrogen-bond acceptors (Lipinski definition) is 6. The topological polar surface area (TPSA) is 84.3 Å². The van der Waals surface area contributed by atoms with Gasteiger partial charge in [-0.05, 0) is 11.4 Å². The maximum atomic E-state index is 9.09. The van der Waals surface area contributed by atoms with E-state index in [2.05, 4.69) is 10.3 Å². The minimum absolute atomic E-state index is 0.148. The molecule has 0 saturated heterocycles. The molecule has 0 aliphatic heterocycles. The molecule has 23 heavy (non-hydrogen) atoms. The summed E-state index contributed by atoms with van der Waals surface area (Å²) in [6, 6.07) is 5.30. The van der Waals surface area contributed by atoms with E-state index < -0.39 is 6.04 Å². The number of furan rings is 1. The van der Waals surface area contributed by atoms with Gasteiger partial charge >= 0.3 is 0 Å². The van der Waals surface area contributed by atoms with E-state index in [0.29, 0.717) is 40.0 Å². The average molecular weight is 372 g/mol. The zero-order valence-electron chi connectivity index (χ0n) is 12.1. The molecule has 3 heterocycles. The lowest BCUT2D eigenvalue weighted by Gasteiger charge is -2.06. The molecule has 3 aromatic heterocycles. The molecule has 4 N–H and O–H groups in total. The van der Waals surface area contributed by atoms with Gasteiger partial charge in [0.1, 0.15) is 21.5 Å². The molecule has 0 saturated carbocycles.